The summed E-state index contributed by atoms with van der Waals surface area (Å²) in [5.74, 6) is -0.356. The summed E-state index contributed by atoms with van der Waals surface area (Å²) in [7, 11) is 1.92. The Kier molecular flexibility index (Phi) is 5.29. The van der Waals surface area contributed by atoms with Crippen LogP contribution in [0.4, 0.5) is 5.69 Å². The van der Waals surface area contributed by atoms with Gasteiger partial charge in [-0.15, -0.1) is 0 Å². The molecule has 8 nitrogen and oxygen atoms in total. The summed E-state index contributed by atoms with van der Waals surface area (Å²) in [6, 6.07) is 12.4. The summed E-state index contributed by atoms with van der Waals surface area (Å²) in [6.45, 7) is 4.50. The molecule has 1 fully saturated rings. The number of aromatic nitrogens is 2. The minimum atomic E-state index is -0.262. The number of nitriles is 1. The number of aryl methyl sites for hydroxylation is 1. The van der Waals surface area contributed by atoms with Crippen LogP contribution in [0.1, 0.15) is 15.9 Å². The van der Waals surface area contributed by atoms with E-state index in [0.29, 0.717) is 44.1 Å². The molecule has 0 spiro atoms. The number of nitrogens with two attached hydrogens (primary N) is 1. The zero-order valence-corrected chi connectivity index (χ0v) is 18.1. The van der Waals surface area contributed by atoms with Crippen molar-refractivity contribution in [3.05, 3.63) is 47.7 Å². The molecule has 2 aromatic carbocycles. The molecule has 1 aromatic heterocycles. The standard InChI is InChI=1S/C24H26N6O2/c1-28-22-10-17(2-3-18(22)12-27-28)19-4-5-21(26)23-20(19)15-30(24(23)31)14-16(11-25)13-29-6-8-32-9-7-29/h2-5,10,12,16H,6-9,13-15,26H2,1H3. The van der Waals surface area contributed by atoms with E-state index in [-0.39, 0.29) is 11.8 Å². The highest BCUT2D eigenvalue weighted by Crippen LogP contribution is 2.37. The Morgan fingerprint density at radius 2 is 2.03 bits per heavy atom. The summed E-state index contributed by atoms with van der Waals surface area (Å²) in [5.41, 5.74) is 11.3. The lowest BCUT2D eigenvalue weighted by molar-refractivity contribution is 0.0312. The number of carbonyl (C=O) groups excluding carboxylic acids is 1. The molecule has 3 heterocycles. The van der Waals surface area contributed by atoms with Crippen LogP contribution in [-0.2, 0) is 18.3 Å². The molecule has 0 bridgehead atoms. The number of hydrogen-bond donors (Lipinski definition) is 1. The number of nitrogen functional groups attached to an aromatic ring is 1. The monoisotopic (exact) mass is 430 g/mol. The maximum atomic E-state index is 13.3. The summed E-state index contributed by atoms with van der Waals surface area (Å²) in [6.07, 6.45) is 1.84. The Morgan fingerprint density at radius 3 is 2.81 bits per heavy atom. The van der Waals surface area contributed by atoms with Gasteiger partial charge in [-0.2, -0.15) is 10.4 Å². The van der Waals surface area contributed by atoms with Gasteiger partial charge in [0.1, 0.15) is 0 Å². The predicted octanol–water partition coefficient (Wildman–Crippen LogP) is 2.25. The molecule has 1 atom stereocenters. The van der Waals surface area contributed by atoms with Gasteiger partial charge < -0.3 is 15.4 Å². The number of hydrogen-bond acceptors (Lipinski definition) is 6. The van der Waals surface area contributed by atoms with Gasteiger partial charge in [0.05, 0.1) is 42.5 Å². The number of morpholine rings is 1. The van der Waals surface area contributed by atoms with E-state index < -0.39 is 0 Å². The van der Waals surface area contributed by atoms with Gasteiger partial charge in [0.2, 0.25) is 0 Å². The molecule has 0 radical (unpaired) electrons. The molecule has 3 aromatic rings. The molecule has 32 heavy (non-hydrogen) atoms. The van der Waals surface area contributed by atoms with Gasteiger partial charge in [0.15, 0.2) is 0 Å². The number of ether oxygens (including phenoxy) is 1. The van der Waals surface area contributed by atoms with Crippen LogP contribution in [0, 0.1) is 17.2 Å². The minimum absolute atomic E-state index is 0.0943. The highest BCUT2D eigenvalue weighted by Gasteiger charge is 2.33. The number of amides is 1. The van der Waals surface area contributed by atoms with Gasteiger partial charge in [-0.05, 0) is 28.8 Å². The van der Waals surface area contributed by atoms with E-state index in [1.54, 1.807) is 11.0 Å². The van der Waals surface area contributed by atoms with Crippen molar-refractivity contribution in [3.63, 3.8) is 0 Å². The molecule has 5 rings (SSSR count). The molecule has 0 saturated carbocycles. The molecule has 1 saturated heterocycles. The van der Waals surface area contributed by atoms with Crippen LogP contribution in [0.5, 0.6) is 0 Å². The quantitative estimate of drug-likeness (QED) is 0.623. The van der Waals surface area contributed by atoms with Crippen LogP contribution in [0.2, 0.25) is 0 Å². The van der Waals surface area contributed by atoms with E-state index in [4.69, 9.17) is 10.5 Å². The number of fused-ring (bicyclic) bond motifs is 2. The van der Waals surface area contributed by atoms with Crippen molar-refractivity contribution >= 4 is 22.5 Å². The summed E-state index contributed by atoms with van der Waals surface area (Å²) in [5, 5.41) is 15.1. The number of rotatable bonds is 5. The van der Waals surface area contributed by atoms with Gasteiger partial charge in [-0.25, -0.2) is 0 Å². The number of nitrogens with zero attached hydrogens (tertiary/aromatic N) is 5. The first kappa shape index (κ1) is 20.5. The number of benzene rings is 2. The summed E-state index contributed by atoms with van der Waals surface area (Å²) < 4.78 is 7.24. The SMILES string of the molecule is Cn1ncc2ccc(-c3ccc(N)c4c3CN(CC(C#N)CN3CCOCC3)C4=O)cc21. The zero-order chi connectivity index (χ0) is 22.2. The second-order valence-corrected chi connectivity index (χ2v) is 8.52. The van der Waals surface area contributed by atoms with Gasteiger partial charge in [0.25, 0.3) is 5.91 Å². The average Bonchev–Trinajstić information content (AvgIpc) is 3.34. The third-order valence-corrected chi connectivity index (χ3v) is 6.46. The second-order valence-electron chi connectivity index (χ2n) is 8.52. The molecule has 8 heteroatoms. The second kappa shape index (κ2) is 8.26. The molecular weight excluding hydrogens is 404 g/mol. The van der Waals surface area contributed by atoms with Crippen molar-refractivity contribution in [2.45, 2.75) is 6.54 Å². The minimum Gasteiger partial charge on any atom is -0.398 e. The Balaban J connectivity index is 1.42. The average molecular weight is 431 g/mol. The van der Waals surface area contributed by atoms with E-state index in [0.717, 1.165) is 40.7 Å². The Hall–Kier alpha value is -3.41. The largest absolute Gasteiger partial charge is 0.398 e. The molecule has 2 aliphatic heterocycles. The molecule has 2 N–H and O–H groups in total. The van der Waals surface area contributed by atoms with Crippen LogP contribution < -0.4 is 5.73 Å². The third kappa shape index (κ3) is 3.60. The van der Waals surface area contributed by atoms with Crippen LogP contribution in [0.3, 0.4) is 0 Å². The van der Waals surface area contributed by atoms with Gasteiger partial charge in [-0.1, -0.05) is 18.2 Å². The van der Waals surface area contributed by atoms with E-state index in [2.05, 4.69) is 28.2 Å². The lowest BCUT2D eigenvalue weighted by Gasteiger charge is -2.29. The van der Waals surface area contributed by atoms with Crippen molar-refractivity contribution in [1.82, 2.24) is 19.6 Å². The third-order valence-electron chi connectivity index (χ3n) is 6.46. The summed E-state index contributed by atoms with van der Waals surface area (Å²) in [4.78, 5) is 17.3. The van der Waals surface area contributed by atoms with E-state index in [1.165, 1.54) is 0 Å². The topological polar surface area (TPSA) is 100 Å². The fourth-order valence-electron chi connectivity index (χ4n) is 4.73. The van der Waals surface area contributed by atoms with E-state index in [1.807, 2.05) is 30.1 Å². The lowest BCUT2D eigenvalue weighted by atomic mass is 9.95. The Labute approximate surface area is 186 Å². The normalized spacial score (nSPS) is 17.5. The first-order valence-electron chi connectivity index (χ1n) is 10.9. The fraction of sp³-hybridized carbons (Fsp3) is 0.375. The smallest absolute Gasteiger partial charge is 0.256 e. The van der Waals surface area contributed by atoms with Crippen molar-refractivity contribution in [1.29, 1.82) is 5.26 Å². The first-order chi connectivity index (χ1) is 15.5. The van der Waals surface area contributed by atoms with Gasteiger partial charge in [-0.3, -0.25) is 14.4 Å². The van der Waals surface area contributed by atoms with Gasteiger partial charge in [0, 0.05) is 50.8 Å². The molecule has 1 unspecified atom stereocenters. The van der Waals surface area contributed by atoms with E-state index >= 15 is 0 Å². The molecule has 0 aliphatic carbocycles. The van der Waals surface area contributed by atoms with Crippen LogP contribution in [0.25, 0.3) is 22.0 Å². The van der Waals surface area contributed by atoms with Gasteiger partial charge >= 0.3 is 0 Å². The van der Waals surface area contributed by atoms with Crippen LogP contribution in [0.15, 0.2) is 36.5 Å². The van der Waals surface area contributed by atoms with Crippen molar-refractivity contribution < 1.29 is 9.53 Å². The maximum Gasteiger partial charge on any atom is 0.256 e. The lowest BCUT2D eigenvalue weighted by Crippen LogP contribution is -2.42. The molecule has 164 valence electrons. The van der Waals surface area contributed by atoms with Crippen molar-refractivity contribution in [2.24, 2.45) is 13.0 Å². The molecule has 2 aliphatic rings. The Morgan fingerprint density at radius 1 is 1.22 bits per heavy atom. The molecule has 1 amide bonds. The van der Waals surface area contributed by atoms with Crippen LogP contribution >= 0.6 is 0 Å². The number of carbonyl (C=O) groups is 1. The predicted molar refractivity (Wildman–Crippen MR) is 122 cm³/mol. The maximum absolute atomic E-state index is 13.3. The Bertz CT molecular complexity index is 1220. The fourth-order valence-corrected chi connectivity index (χ4v) is 4.73. The highest BCUT2D eigenvalue weighted by molar-refractivity contribution is 6.05. The van der Waals surface area contributed by atoms with Crippen LogP contribution in [-0.4, -0.2) is 64.9 Å². The zero-order valence-electron chi connectivity index (χ0n) is 18.1. The molecular formula is C24H26N6O2. The first-order valence-corrected chi connectivity index (χ1v) is 10.9. The number of anilines is 1. The highest BCUT2D eigenvalue weighted by atomic mass is 16.5. The van der Waals surface area contributed by atoms with Crippen molar-refractivity contribution in [2.75, 3.05) is 45.1 Å². The summed E-state index contributed by atoms with van der Waals surface area (Å²) >= 11 is 0. The van der Waals surface area contributed by atoms with E-state index in [9.17, 15) is 10.1 Å². The van der Waals surface area contributed by atoms with Crippen molar-refractivity contribution in [3.8, 4) is 17.2 Å².